The maximum atomic E-state index is 12.3. The number of aryl methyl sites for hydroxylation is 1. The maximum Gasteiger partial charge on any atom is 0.277 e. The Bertz CT molecular complexity index is 1410. The number of carbonyl (C=O) groups excluding carboxylic acids is 1. The van der Waals surface area contributed by atoms with E-state index in [1.165, 1.54) is 5.56 Å². The summed E-state index contributed by atoms with van der Waals surface area (Å²) in [5, 5.41) is 5.02. The number of hydrazone groups is 1. The van der Waals surface area contributed by atoms with Crippen LogP contribution >= 0.6 is 0 Å². The quantitative estimate of drug-likeness (QED) is 0.171. The highest BCUT2D eigenvalue weighted by molar-refractivity contribution is 5.86. The smallest absolute Gasteiger partial charge is 0.277 e. The summed E-state index contributed by atoms with van der Waals surface area (Å²) in [6.07, 6.45) is 5.62. The molecule has 0 saturated heterocycles. The van der Waals surface area contributed by atoms with Crippen LogP contribution in [0.25, 0.3) is 10.9 Å². The van der Waals surface area contributed by atoms with Crippen molar-refractivity contribution in [2.45, 2.75) is 20.0 Å². The van der Waals surface area contributed by atoms with Crippen LogP contribution in [0.15, 0.2) is 90.7 Å². The summed E-state index contributed by atoms with van der Waals surface area (Å²) in [7, 11) is 1.59. The number of amides is 1. The molecular weight excluding hydrogens is 466 g/mol. The van der Waals surface area contributed by atoms with Crippen LogP contribution in [0, 0.1) is 6.92 Å². The molecular formula is C30H29N3O4. The molecule has 0 atom stereocenters. The number of rotatable bonds is 11. The van der Waals surface area contributed by atoms with Crippen molar-refractivity contribution >= 4 is 23.0 Å². The van der Waals surface area contributed by atoms with Gasteiger partial charge in [-0.2, -0.15) is 5.10 Å². The Hall–Kier alpha value is -4.65. The first kappa shape index (κ1) is 25.4. The number of carbonyl (C=O) groups is 1. The lowest BCUT2D eigenvalue weighted by Gasteiger charge is -2.16. The summed E-state index contributed by atoms with van der Waals surface area (Å²) in [5.41, 5.74) is 7.11. The Kier molecular flexibility index (Phi) is 8.49. The van der Waals surface area contributed by atoms with E-state index in [1.807, 2.05) is 55.5 Å². The van der Waals surface area contributed by atoms with E-state index in [9.17, 15) is 4.79 Å². The summed E-state index contributed by atoms with van der Waals surface area (Å²) in [6.45, 7) is 6.13. The van der Waals surface area contributed by atoms with E-state index in [-0.39, 0.29) is 12.5 Å². The summed E-state index contributed by atoms with van der Waals surface area (Å²) < 4.78 is 17.4. The van der Waals surface area contributed by atoms with E-state index >= 15 is 0 Å². The van der Waals surface area contributed by atoms with E-state index < -0.39 is 0 Å². The molecule has 0 unspecified atom stereocenters. The molecule has 0 aliphatic heterocycles. The molecule has 1 amide bonds. The predicted octanol–water partition coefficient (Wildman–Crippen LogP) is 5.39. The second kappa shape index (κ2) is 12.4. The monoisotopic (exact) mass is 495 g/mol. The van der Waals surface area contributed by atoms with Gasteiger partial charge in [0, 0.05) is 17.1 Å². The van der Waals surface area contributed by atoms with E-state index in [0.29, 0.717) is 35.8 Å². The van der Waals surface area contributed by atoms with Crippen LogP contribution in [-0.4, -0.2) is 30.8 Å². The molecule has 0 aliphatic carbocycles. The Balaban J connectivity index is 1.41. The number of pyridine rings is 1. The Morgan fingerprint density at radius 1 is 1.05 bits per heavy atom. The zero-order chi connectivity index (χ0) is 26.0. The summed E-state index contributed by atoms with van der Waals surface area (Å²) >= 11 is 0. The predicted molar refractivity (Wildman–Crippen MR) is 145 cm³/mol. The number of hydrogen-bond donors (Lipinski definition) is 1. The van der Waals surface area contributed by atoms with E-state index in [0.717, 1.165) is 22.1 Å². The zero-order valence-electron chi connectivity index (χ0n) is 20.9. The van der Waals surface area contributed by atoms with Crippen molar-refractivity contribution in [1.82, 2.24) is 10.4 Å². The van der Waals surface area contributed by atoms with Crippen LogP contribution in [0.4, 0.5) is 0 Å². The maximum absolute atomic E-state index is 12.3. The van der Waals surface area contributed by atoms with Gasteiger partial charge in [-0.1, -0.05) is 54.1 Å². The molecule has 0 spiro atoms. The first-order valence-corrected chi connectivity index (χ1v) is 11.9. The number of methoxy groups -OCH3 is 1. The third kappa shape index (κ3) is 6.73. The first-order chi connectivity index (χ1) is 18.1. The molecule has 4 aromatic rings. The normalized spacial score (nSPS) is 10.9. The van der Waals surface area contributed by atoms with Gasteiger partial charge in [-0.25, -0.2) is 5.43 Å². The van der Waals surface area contributed by atoms with Gasteiger partial charge in [-0.3, -0.25) is 9.78 Å². The molecule has 4 rings (SSSR count). The van der Waals surface area contributed by atoms with Crippen molar-refractivity contribution in [1.29, 1.82) is 0 Å². The van der Waals surface area contributed by atoms with Crippen molar-refractivity contribution in [3.63, 3.8) is 0 Å². The lowest BCUT2D eigenvalue weighted by molar-refractivity contribution is -0.123. The fourth-order valence-corrected chi connectivity index (χ4v) is 3.77. The molecule has 7 nitrogen and oxygen atoms in total. The first-order valence-electron chi connectivity index (χ1n) is 11.9. The van der Waals surface area contributed by atoms with Crippen molar-refractivity contribution < 1.29 is 19.0 Å². The average Bonchev–Trinajstić information content (AvgIpc) is 2.92. The Morgan fingerprint density at radius 2 is 1.86 bits per heavy atom. The molecule has 0 aliphatic rings. The zero-order valence-corrected chi connectivity index (χ0v) is 20.9. The van der Waals surface area contributed by atoms with Crippen molar-refractivity contribution in [3.8, 4) is 17.2 Å². The average molecular weight is 496 g/mol. The third-order valence-electron chi connectivity index (χ3n) is 5.60. The van der Waals surface area contributed by atoms with Gasteiger partial charge in [-0.05, 0) is 48.7 Å². The molecule has 0 fully saturated rings. The largest absolute Gasteiger partial charge is 0.493 e. The molecule has 0 saturated carbocycles. The number of nitrogens with one attached hydrogen (secondary N) is 1. The van der Waals surface area contributed by atoms with Gasteiger partial charge in [-0.15, -0.1) is 6.58 Å². The number of hydrogen-bond acceptors (Lipinski definition) is 6. The van der Waals surface area contributed by atoms with Crippen LogP contribution in [-0.2, 0) is 17.8 Å². The highest BCUT2D eigenvalue weighted by Crippen LogP contribution is 2.34. The van der Waals surface area contributed by atoms with Gasteiger partial charge in [0.15, 0.2) is 18.1 Å². The van der Waals surface area contributed by atoms with Crippen LogP contribution < -0.4 is 19.6 Å². The van der Waals surface area contributed by atoms with Crippen molar-refractivity contribution in [2.75, 3.05) is 13.7 Å². The van der Waals surface area contributed by atoms with Crippen LogP contribution in [0.3, 0.4) is 0 Å². The van der Waals surface area contributed by atoms with Crippen molar-refractivity contribution in [2.24, 2.45) is 5.10 Å². The summed E-state index contributed by atoms with van der Waals surface area (Å²) in [6, 6.07) is 21.3. The number of ether oxygens (including phenoxy) is 3. The van der Waals surface area contributed by atoms with Gasteiger partial charge in [0.1, 0.15) is 17.9 Å². The van der Waals surface area contributed by atoms with Crippen molar-refractivity contribution in [3.05, 3.63) is 108 Å². The highest BCUT2D eigenvalue weighted by Gasteiger charge is 2.13. The SMILES string of the molecule is C=CCc1cc(/C=N/NC(=O)COc2cccc3cccnc23)cc(OC)c1OCc1ccc(C)cc1. The minimum absolute atomic E-state index is 0.191. The fourth-order valence-electron chi connectivity index (χ4n) is 3.77. The lowest BCUT2D eigenvalue weighted by atomic mass is 10.1. The molecule has 7 heteroatoms. The number of benzene rings is 3. The minimum atomic E-state index is -0.388. The fraction of sp³-hybridized carbons (Fsp3) is 0.167. The number of nitrogens with zero attached hydrogens (tertiary/aromatic N) is 2. The van der Waals surface area contributed by atoms with Gasteiger partial charge < -0.3 is 14.2 Å². The van der Waals surface area contributed by atoms with E-state index in [2.05, 4.69) is 34.2 Å². The highest BCUT2D eigenvalue weighted by atomic mass is 16.5. The molecule has 1 aromatic heterocycles. The summed E-state index contributed by atoms with van der Waals surface area (Å²) in [4.78, 5) is 16.6. The molecule has 0 bridgehead atoms. The van der Waals surface area contributed by atoms with Gasteiger partial charge in [0.25, 0.3) is 5.91 Å². The molecule has 188 valence electrons. The molecule has 1 N–H and O–H groups in total. The molecule has 37 heavy (non-hydrogen) atoms. The van der Waals surface area contributed by atoms with Gasteiger partial charge in [0.2, 0.25) is 0 Å². The lowest BCUT2D eigenvalue weighted by Crippen LogP contribution is -2.24. The standard InChI is InChI=1S/C30H29N3O4/c1-4-7-25-16-23(17-27(35-3)30(25)37-19-22-13-11-21(2)12-14-22)18-32-33-28(34)20-36-26-10-5-8-24-9-6-15-31-29(24)26/h4-6,8-18H,1,7,19-20H2,2-3H3,(H,33,34)/b32-18+. The number of allylic oxidation sites excluding steroid dienone is 1. The van der Waals surface area contributed by atoms with Crippen LogP contribution in [0.5, 0.6) is 17.2 Å². The molecule has 1 heterocycles. The van der Waals surface area contributed by atoms with E-state index in [1.54, 1.807) is 31.7 Å². The topological polar surface area (TPSA) is 82.0 Å². The van der Waals surface area contributed by atoms with E-state index in [4.69, 9.17) is 14.2 Å². The van der Waals surface area contributed by atoms with Gasteiger partial charge >= 0.3 is 0 Å². The minimum Gasteiger partial charge on any atom is -0.493 e. The van der Waals surface area contributed by atoms with Crippen LogP contribution in [0.1, 0.15) is 22.3 Å². The second-order valence-electron chi connectivity index (χ2n) is 8.39. The van der Waals surface area contributed by atoms with Crippen LogP contribution in [0.2, 0.25) is 0 Å². The van der Waals surface area contributed by atoms with Gasteiger partial charge in [0.05, 0.1) is 13.3 Å². The Labute approximate surface area is 216 Å². The summed E-state index contributed by atoms with van der Waals surface area (Å²) in [5.74, 6) is 1.38. The molecule has 0 radical (unpaired) electrons. The number of fused-ring (bicyclic) bond motifs is 1. The number of para-hydroxylation sites is 1. The second-order valence-corrected chi connectivity index (χ2v) is 8.39. The Morgan fingerprint density at radius 3 is 2.65 bits per heavy atom. The third-order valence-corrected chi connectivity index (χ3v) is 5.60. The molecule has 3 aromatic carbocycles. The number of aromatic nitrogens is 1.